The summed E-state index contributed by atoms with van der Waals surface area (Å²) >= 11 is 5.96. The topological polar surface area (TPSA) is 54.7 Å². The molecule has 0 saturated heterocycles. The number of nitrogens with zero attached hydrogens (tertiary/aromatic N) is 1. The fourth-order valence-electron chi connectivity index (χ4n) is 1.26. The van der Waals surface area contributed by atoms with Crippen LogP contribution in [-0.2, 0) is 0 Å². The fourth-order valence-corrected chi connectivity index (χ4v) is 1.55. The quantitative estimate of drug-likeness (QED) is 0.612. The maximum atomic E-state index is 5.96. The summed E-state index contributed by atoms with van der Waals surface area (Å²) < 4.78 is 0. The number of aromatic nitrogens is 2. The molecule has 0 aliphatic rings. The molecular formula is C8H8ClN3. The van der Waals surface area contributed by atoms with Gasteiger partial charge in [-0.1, -0.05) is 11.6 Å². The molecule has 2 aromatic rings. The molecule has 62 valence electrons. The molecule has 4 heteroatoms. The van der Waals surface area contributed by atoms with Gasteiger partial charge in [-0.15, -0.1) is 0 Å². The Morgan fingerprint density at radius 2 is 2.25 bits per heavy atom. The Morgan fingerprint density at radius 3 is 2.92 bits per heavy atom. The first-order valence-electron chi connectivity index (χ1n) is 3.59. The Bertz CT molecular complexity index is 433. The third-order valence-electron chi connectivity index (χ3n) is 1.87. The van der Waals surface area contributed by atoms with Crippen LogP contribution >= 0.6 is 11.6 Å². The minimum atomic E-state index is 0.652. The second-order valence-electron chi connectivity index (χ2n) is 2.71. The molecule has 0 unspecified atom stereocenters. The van der Waals surface area contributed by atoms with Crippen LogP contribution < -0.4 is 5.73 Å². The van der Waals surface area contributed by atoms with E-state index < -0.39 is 0 Å². The molecule has 3 nitrogen and oxygen atoms in total. The molecule has 0 aliphatic heterocycles. The largest absolute Gasteiger partial charge is 0.397 e. The van der Waals surface area contributed by atoms with Gasteiger partial charge in [-0.2, -0.15) is 5.10 Å². The highest BCUT2D eigenvalue weighted by molar-refractivity contribution is 6.36. The standard InChI is InChI=1S/C8H8ClN3/c1-4-7-5(9)2-3-6(10)8(7)12-11-4/h2-3H,10H2,1H3,(H,11,12). The molecule has 1 aromatic heterocycles. The van der Waals surface area contributed by atoms with Crippen LogP contribution in [0.5, 0.6) is 0 Å². The van der Waals surface area contributed by atoms with E-state index in [9.17, 15) is 0 Å². The van der Waals surface area contributed by atoms with Gasteiger partial charge in [0, 0.05) is 11.1 Å². The van der Waals surface area contributed by atoms with E-state index in [2.05, 4.69) is 10.2 Å². The number of nitrogens with two attached hydrogens (primary N) is 1. The van der Waals surface area contributed by atoms with Gasteiger partial charge >= 0.3 is 0 Å². The fraction of sp³-hybridized carbons (Fsp3) is 0.125. The van der Waals surface area contributed by atoms with Crippen LogP contribution in [0.25, 0.3) is 10.9 Å². The van der Waals surface area contributed by atoms with E-state index in [4.69, 9.17) is 17.3 Å². The van der Waals surface area contributed by atoms with Crippen LogP contribution in [0, 0.1) is 6.92 Å². The summed E-state index contributed by atoms with van der Waals surface area (Å²) in [4.78, 5) is 0. The number of nitrogens with one attached hydrogen (secondary N) is 1. The molecule has 0 amide bonds. The van der Waals surface area contributed by atoms with Gasteiger partial charge in [-0.3, -0.25) is 5.10 Å². The number of anilines is 1. The third kappa shape index (κ3) is 0.865. The van der Waals surface area contributed by atoms with Crippen molar-refractivity contribution >= 4 is 28.2 Å². The summed E-state index contributed by atoms with van der Waals surface area (Å²) in [5, 5.41) is 8.49. The molecule has 12 heavy (non-hydrogen) atoms. The first kappa shape index (κ1) is 7.43. The summed E-state index contributed by atoms with van der Waals surface area (Å²) in [6, 6.07) is 3.53. The van der Waals surface area contributed by atoms with Crippen molar-refractivity contribution in [2.45, 2.75) is 6.92 Å². The summed E-state index contributed by atoms with van der Waals surface area (Å²) in [6.07, 6.45) is 0. The number of nitrogen functional groups attached to an aromatic ring is 1. The Hall–Kier alpha value is -1.22. The van der Waals surface area contributed by atoms with Gasteiger partial charge in [0.25, 0.3) is 0 Å². The SMILES string of the molecule is Cc1[nH]nc2c(N)ccc(Cl)c12. The lowest BCUT2D eigenvalue weighted by atomic mass is 10.2. The van der Waals surface area contributed by atoms with E-state index in [1.54, 1.807) is 12.1 Å². The van der Waals surface area contributed by atoms with Crippen molar-refractivity contribution in [2.24, 2.45) is 0 Å². The van der Waals surface area contributed by atoms with Crippen LogP contribution in [0.3, 0.4) is 0 Å². The molecular weight excluding hydrogens is 174 g/mol. The Morgan fingerprint density at radius 1 is 1.50 bits per heavy atom. The predicted molar refractivity (Wildman–Crippen MR) is 50.3 cm³/mol. The van der Waals surface area contributed by atoms with Gasteiger partial charge in [-0.25, -0.2) is 0 Å². The van der Waals surface area contributed by atoms with E-state index >= 15 is 0 Å². The van der Waals surface area contributed by atoms with Crippen molar-refractivity contribution in [3.05, 3.63) is 22.8 Å². The lowest BCUT2D eigenvalue weighted by Gasteiger charge is -1.96. The monoisotopic (exact) mass is 181 g/mol. The minimum Gasteiger partial charge on any atom is -0.397 e. The van der Waals surface area contributed by atoms with E-state index in [0.29, 0.717) is 10.7 Å². The van der Waals surface area contributed by atoms with E-state index in [1.807, 2.05) is 6.92 Å². The number of H-pyrrole nitrogens is 1. The average Bonchev–Trinajstić information content (AvgIpc) is 2.42. The van der Waals surface area contributed by atoms with E-state index in [0.717, 1.165) is 16.6 Å². The Balaban J connectivity index is 2.98. The number of aryl methyl sites for hydroxylation is 1. The number of benzene rings is 1. The number of rotatable bonds is 0. The molecule has 0 atom stereocenters. The molecule has 0 aliphatic carbocycles. The van der Waals surface area contributed by atoms with Gasteiger partial charge in [0.2, 0.25) is 0 Å². The van der Waals surface area contributed by atoms with Crippen molar-refractivity contribution in [1.82, 2.24) is 10.2 Å². The predicted octanol–water partition coefficient (Wildman–Crippen LogP) is 2.11. The van der Waals surface area contributed by atoms with Crippen LogP contribution in [0.2, 0.25) is 5.02 Å². The Labute approximate surface area is 74.5 Å². The van der Waals surface area contributed by atoms with Crippen molar-refractivity contribution in [1.29, 1.82) is 0 Å². The maximum Gasteiger partial charge on any atom is 0.117 e. The minimum absolute atomic E-state index is 0.652. The summed E-state index contributed by atoms with van der Waals surface area (Å²) in [5.74, 6) is 0. The van der Waals surface area contributed by atoms with Crippen LogP contribution in [0.4, 0.5) is 5.69 Å². The smallest absolute Gasteiger partial charge is 0.117 e. The molecule has 3 N–H and O–H groups in total. The highest BCUT2D eigenvalue weighted by atomic mass is 35.5. The lowest BCUT2D eigenvalue weighted by Crippen LogP contribution is -1.85. The van der Waals surface area contributed by atoms with Gasteiger partial charge < -0.3 is 5.73 Å². The van der Waals surface area contributed by atoms with Crippen LogP contribution in [0.1, 0.15) is 5.69 Å². The molecule has 2 rings (SSSR count). The second-order valence-corrected chi connectivity index (χ2v) is 3.12. The number of hydrogen-bond acceptors (Lipinski definition) is 2. The Kier molecular flexibility index (Phi) is 1.48. The number of halogens is 1. The number of fused-ring (bicyclic) bond motifs is 1. The normalized spacial score (nSPS) is 10.8. The van der Waals surface area contributed by atoms with E-state index in [1.165, 1.54) is 0 Å². The second kappa shape index (κ2) is 2.38. The number of aromatic amines is 1. The molecule has 0 bridgehead atoms. The van der Waals surface area contributed by atoms with Crippen LogP contribution in [-0.4, -0.2) is 10.2 Å². The van der Waals surface area contributed by atoms with Crippen molar-refractivity contribution in [2.75, 3.05) is 5.73 Å². The highest BCUT2D eigenvalue weighted by Crippen LogP contribution is 2.28. The molecule has 0 spiro atoms. The first-order chi connectivity index (χ1) is 5.70. The summed E-state index contributed by atoms with van der Waals surface area (Å²) in [5.41, 5.74) is 8.05. The van der Waals surface area contributed by atoms with Gasteiger partial charge in [-0.05, 0) is 19.1 Å². The average molecular weight is 182 g/mol. The lowest BCUT2D eigenvalue weighted by molar-refractivity contribution is 1.07. The molecule has 0 radical (unpaired) electrons. The maximum absolute atomic E-state index is 5.96. The van der Waals surface area contributed by atoms with Gasteiger partial charge in [0.1, 0.15) is 5.52 Å². The van der Waals surface area contributed by atoms with Crippen molar-refractivity contribution < 1.29 is 0 Å². The summed E-state index contributed by atoms with van der Waals surface area (Å²) in [6.45, 7) is 1.92. The number of hydrogen-bond donors (Lipinski definition) is 2. The third-order valence-corrected chi connectivity index (χ3v) is 2.18. The summed E-state index contributed by atoms with van der Waals surface area (Å²) in [7, 11) is 0. The van der Waals surface area contributed by atoms with Crippen molar-refractivity contribution in [3.8, 4) is 0 Å². The highest BCUT2D eigenvalue weighted by Gasteiger charge is 2.07. The zero-order chi connectivity index (χ0) is 8.72. The molecule has 1 heterocycles. The van der Waals surface area contributed by atoms with E-state index in [-0.39, 0.29) is 0 Å². The zero-order valence-corrected chi connectivity index (χ0v) is 7.31. The molecule has 0 fully saturated rings. The van der Waals surface area contributed by atoms with Gasteiger partial charge in [0.15, 0.2) is 0 Å². The molecule has 1 aromatic carbocycles. The van der Waals surface area contributed by atoms with Crippen LogP contribution in [0.15, 0.2) is 12.1 Å². The van der Waals surface area contributed by atoms with Gasteiger partial charge in [0.05, 0.1) is 10.7 Å². The zero-order valence-electron chi connectivity index (χ0n) is 6.56. The molecule has 0 saturated carbocycles. The first-order valence-corrected chi connectivity index (χ1v) is 3.96. The van der Waals surface area contributed by atoms with Crippen molar-refractivity contribution in [3.63, 3.8) is 0 Å².